The van der Waals surface area contributed by atoms with Crippen molar-refractivity contribution in [2.24, 2.45) is 0 Å². The van der Waals surface area contributed by atoms with Gasteiger partial charge in [0.2, 0.25) is 0 Å². The molecule has 2 nitrogen and oxygen atoms in total. The van der Waals surface area contributed by atoms with E-state index in [0.717, 1.165) is 0 Å². The number of hydrogen-bond acceptors (Lipinski definition) is 2. The van der Waals surface area contributed by atoms with Gasteiger partial charge in [-0.2, -0.15) is 0 Å². The van der Waals surface area contributed by atoms with Crippen LogP contribution in [0.2, 0.25) is 5.02 Å². The Hall–Kier alpha value is -1.15. The minimum atomic E-state index is 0.502. The molecule has 0 aliphatic heterocycles. The number of halogens is 1. The third kappa shape index (κ3) is 1.95. The summed E-state index contributed by atoms with van der Waals surface area (Å²) in [5.41, 5.74) is 0.703. The molecule has 0 radical (unpaired) electrons. The first kappa shape index (κ1) is 9.93. The molecule has 0 amide bonds. The van der Waals surface area contributed by atoms with Crippen molar-refractivity contribution in [2.75, 3.05) is 14.2 Å². The highest BCUT2D eigenvalue weighted by molar-refractivity contribution is 6.32. The van der Waals surface area contributed by atoms with Gasteiger partial charge in [-0.25, -0.2) is 0 Å². The van der Waals surface area contributed by atoms with Crippen LogP contribution in [0, 0.1) is 0 Å². The van der Waals surface area contributed by atoms with Crippen molar-refractivity contribution in [1.82, 2.24) is 0 Å². The molecule has 0 N–H and O–H groups in total. The third-order valence-corrected chi connectivity index (χ3v) is 2.04. The predicted molar refractivity (Wildman–Crippen MR) is 54.0 cm³/mol. The Bertz CT molecular complexity index is 321. The number of rotatable bonds is 3. The Morgan fingerprint density at radius 3 is 2.62 bits per heavy atom. The lowest BCUT2D eigenvalue weighted by atomic mass is 10.2. The maximum absolute atomic E-state index is 5.96. The molecule has 0 unspecified atom stereocenters. The summed E-state index contributed by atoms with van der Waals surface area (Å²) >= 11 is 5.96. The molecule has 0 spiro atoms. The summed E-state index contributed by atoms with van der Waals surface area (Å²) in [5.74, 6) is 1.17. The summed E-state index contributed by atoms with van der Waals surface area (Å²) in [7, 11) is 3.13. The quantitative estimate of drug-likeness (QED) is 0.696. The van der Waals surface area contributed by atoms with E-state index >= 15 is 0 Å². The summed E-state index contributed by atoms with van der Waals surface area (Å²) in [6, 6.07) is 5.39. The second kappa shape index (κ2) is 4.19. The summed E-state index contributed by atoms with van der Waals surface area (Å²) in [6.07, 6.45) is 0. The van der Waals surface area contributed by atoms with Crippen LogP contribution in [0.15, 0.2) is 24.8 Å². The van der Waals surface area contributed by atoms with E-state index in [2.05, 4.69) is 6.58 Å². The van der Waals surface area contributed by atoms with Gasteiger partial charge in [0.15, 0.2) is 0 Å². The van der Waals surface area contributed by atoms with E-state index in [0.29, 0.717) is 22.1 Å². The zero-order valence-corrected chi connectivity index (χ0v) is 8.39. The molecule has 3 heteroatoms. The minimum absolute atomic E-state index is 0.502. The van der Waals surface area contributed by atoms with E-state index in [1.54, 1.807) is 20.3 Å². The molecule has 0 atom stereocenters. The van der Waals surface area contributed by atoms with Gasteiger partial charge in [0.1, 0.15) is 11.5 Å². The van der Waals surface area contributed by atoms with Crippen molar-refractivity contribution in [3.05, 3.63) is 35.4 Å². The molecule has 1 aromatic carbocycles. The number of hydrogen-bond donors (Lipinski definition) is 0. The highest BCUT2D eigenvalue weighted by Crippen LogP contribution is 2.31. The Morgan fingerprint density at radius 1 is 1.38 bits per heavy atom. The summed E-state index contributed by atoms with van der Waals surface area (Å²) in [5, 5.41) is 0.575. The molecule has 1 aromatic rings. The molecule has 0 saturated carbocycles. The fourth-order valence-electron chi connectivity index (χ4n) is 1.05. The lowest BCUT2D eigenvalue weighted by molar-refractivity contribution is 0.363. The van der Waals surface area contributed by atoms with Gasteiger partial charge in [-0.3, -0.25) is 0 Å². The lowest BCUT2D eigenvalue weighted by Gasteiger charge is -2.11. The third-order valence-electron chi connectivity index (χ3n) is 1.72. The Morgan fingerprint density at radius 2 is 2.08 bits per heavy atom. The highest BCUT2D eigenvalue weighted by atomic mass is 35.5. The van der Waals surface area contributed by atoms with Gasteiger partial charge >= 0.3 is 0 Å². The van der Waals surface area contributed by atoms with Crippen molar-refractivity contribution >= 4 is 17.4 Å². The van der Waals surface area contributed by atoms with Crippen LogP contribution in [0.3, 0.4) is 0 Å². The maximum Gasteiger partial charge on any atom is 0.131 e. The Labute approximate surface area is 82.7 Å². The highest BCUT2D eigenvalue weighted by Gasteiger charge is 2.10. The first-order valence-electron chi connectivity index (χ1n) is 3.76. The molecule has 0 heterocycles. The number of benzene rings is 1. The van der Waals surface area contributed by atoms with Crippen molar-refractivity contribution in [3.8, 4) is 5.75 Å². The fourth-order valence-corrected chi connectivity index (χ4v) is 1.32. The predicted octanol–water partition coefficient (Wildman–Crippen LogP) is 2.97. The van der Waals surface area contributed by atoms with Crippen molar-refractivity contribution in [1.29, 1.82) is 0 Å². The van der Waals surface area contributed by atoms with Gasteiger partial charge < -0.3 is 9.47 Å². The van der Waals surface area contributed by atoms with Crippen LogP contribution in [0.25, 0.3) is 5.76 Å². The first-order valence-corrected chi connectivity index (χ1v) is 4.14. The Kier molecular flexibility index (Phi) is 3.20. The summed E-state index contributed by atoms with van der Waals surface area (Å²) < 4.78 is 10.1. The van der Waals surface area contributed by atoms with E-state index in [4.69, 9.17) is 21.1 Å². The standard InChI is InChI=1S/C10H11ClO2/c1-7(12-2)10-8(11)5-4-6-9(10)13-3/h4-6H,1H2,2-3H3. The van der Waals surface area contributed by atoms with E-state index in [9.17, 15) is 0 Å². The average Bonchev–Trinajstić information content (AvgIpc) is 2.16. The van der Waals surface area contributed by atoms with Crippen LogP contribution in [0.1, 0.15) is 5.56 Å². The minimum Gasteiger partial charge on any atom is -0.497 e. The van der Waals surface area contributed by atoms with Crippen LogP contribution >= 0.6 is 11.6 Å². The molecule has 0 aromatic heterocycles. The zero-order valence-electron chi connectivity index (χ0n) is 7.63. The molecule has 0 bridgehead atoms. The topological polar surface area (TPSA) is 18.5 Å². The van der Waals surface area contributed by atoms with E-state index < -0.39 is 0 Å². The van der Waals surface area contributed by atoms with Crippen molar-refractivity contribution < 1.29 is 9.47 Å². The SMILES string of the molecule is C=C(OC)c1c(Cl)cccc1OC. The molecule has 0 aliphatic carbocycles. The summed E-state index contributed by atoms with van der Waals surface area (Å²) in [6.45, 7) is 3.73. The fraction of sp³-hybridized carbons (Fsp3) is 0.200. The van der Waals surface area contributed by atoms with Crippen LogP contribution in [-0.2, 0) is 4.74 Å². The molecular formula is C10H11ClO2. The monoisotopic (exact) mass is 198 g/mol. The molecule has 70 valence electrons. The van der Waals surface area contributed by atoms with Crippen LogP contribution < -0.4 is 4.74 Å². The van der Waals surface area contributed by atoms with Crippen molar-refractivity contribution in [3.63, 3.8) is 0 Å². The first-order chi connectivity index (χ1) is 6.20. The molecular weight excluding hydrogens is 188 g/mol. The summed E-state index contributed by atoms with van der Waals surface area (Å²) in [4.78, 5) is 0. The van der Waals surface area contributed by atoms with E-state index in [-0.39, 0.29) is 0 Å². The second-order valence-electron chi connectivity index (χ2n) is 2.44. The molecule has 0 saturated heterocycles. The molecule has 1 rings (SSSR count). The van der Waals surface area contributed by atoms with Crippen molar-refractivity contribution in [2.45, 2.75) is 0 Å². The van der Waals surface area contributed by atoms with E-state index in [1.165, 1.54) is 0 Å². The van der Waals surface area contributed by atoms with Crippen LogP contribution in [0.4, 0.5) is 0 Å². The number of methoxy groups -OCH3 is 2. The van der Waals surface area contributed by atoms with Gasteiger partial charge in [-0.1, -0.05) is 24.2 Å². The van der Waals surface area contributed by atoms with Gasteiger partial charge in [0, 0.05) is 0 Å². The molecule has 0 fully saturated rings. The smallest absolute Gasteiger partial charge is 0.131 e. The van der Waals surface area contributed by atoms with Gasteiger partial charge in [0.25, 0.3) is 0 Å². The van der Waals surface area contributed by atoms with Crippen LogP contribution in [0.5, 0.6) is 5.75 Å². The van der Waals surface area contributed by atoms with Gasteiger partial charge in [-0.15, -0.1) is 0 Å². The van der Waals surface area contributed by atoms with E-state index in [1.807, 2.05) is 12.1 Å². The van der Waals surface area contributed by atoms with Gasteiger partial charge in [-0.05, 0) is 12.1 Å². The maximum atomic E-state index is 5.96. The second-order valence-corrected chi connectivity index (χ2v) is 2.85. The lowest BCUT2D eigenvalue weighted by Crippen LogP contribution is -1.93. The average molecular weight is 199 g/mol. The Balaban J connectivity index is 3.22. The van der Waals surface area contributed by atoms with Crippen LogP contribution in [-0.4, -0.2) is 14.2 Å². The number of ether oxygens (including phenoxy) is 2. The zero-order chi connectivity index (χ0) is 9.84. The largest absolute Gasteiger partial charge is 0.497 e. The molecule has 13 heavy (non-hydrogen) atoms. The molecule has 0 aliphatic rings. The van der Waals surface area contributed by atoms with Gasteiger partial charge in [0.05, 0.1) is 24.8 Å². The normalized spacial score (nSPS) is 9.46.